The van der Waals surface area contributed by atoms with Crippen LogP contribution in [0.4, 0.5) is 0 Å². The Hall–Kier alpha value is -0.0300. The molecule has 2 nitrogen and oxygen atoms in total. The predicted octanol–water partition coefficient (Wildman–Crippen LogP) is 2.16. The molecule has 0 heterocycles. The Morgan fingerprint density at radius 1 is 1.43 bits per heavy atom. The van der Waals surface area contributed by atoms with Gasteiger partial charge in [0.05, 0.1) is 6.10 Å². The third kappa shape index (κ3) is 2.98. The molecule has 0 aliphatic heterocycles. The quantitative estimate of drug-likeness (QED) is 0.654. The molecule has 1 aromatic carbocycles. The zero-order valence-electron chi connectivity index (χ0n) is 7.98. The van der Waals surface area contributed by atoms with Crippen LogP contribution in [0.25, 0.3) is 0 Å². The van der Waals surface area contributed by atoms with Crippen molar-refractivity contribution in [1.82, 2.24) is 0 Å². The zero-order chi connectivity index (χ0) is 10.6. The van der Waals surface area contributed by atoms with Crippen molar-refractivity contribution in [3.63, 3.8) is 0 Å². The second-order valence-electron chi connectivity index (χ2n) is 3.04. The summed E-state index contributed by atoms with van der Waals surface area (Å²) < 4.78 is 0. The highest BCUT2D eigenvalue weighted by molar-refractivity contribution is 9.09. The molecular formula is C10H14BrNOS. The summed E-state index contributed by atoms with van der Waals surface area (Å²) in [6, 6.07) is 7.56. The van der Waals surface area contributed by atoms with Crippen molar-refractivity contribution in [1.29, 1.82) is 0 Å². The molecule has 2 unspecified atom stereocenters. The lowest BCUT2D eigenvalue weighted by Crippen LogP contribution is -2.29. The molecule has 1 aromatic rings. The number of halogens is 1. The number of rotatable bonds is 4. The Labute approximate surface area is 97.0 Å². The van der Waals surface area contributed by atoms with Crippen molar-refractivity contribution >= 4 is 27.7 Å². The number of hydrogen-bond donors (Lipinski definition) is 2. The molecule has 2 atom stereocenters. The first-order valence-electron chi connectivity index (χ1n) is 4.32. The van der Waals surface area contributed by atoms with Crippen LogP contribution in [0, 0.1) is 0 Å². The minimum absolute atomic E-state index is 0.255. The van der Waals surface area contributed by atoms with E-state index in [0.29, 0.717) is 5.33 Å². The molecule has 0 fully saturated rings. The van der Waals surface area contributed by atoms with Crippen LogP contribution in [0.2, 0.25) is 0 Å². The summed E-state index contributed by atoms with van der Waals surface area (Å²) in [5, 5.41) is 10.4. The maximum absolute atomic E-state index is 9.79. The van der Waals surface area contributed by atoms with Crippen molar-refractivity contribution in [2.24, 2.45) is 5.73 Å². The second kappa shape index (κ2) is 5.75. The van der Waals surface area contributed by atoms with Crippen molar-refractivity contribution in [3.8, 4) is 0 Å². The topological polar surface area (TPSA) is 46.2 Å². The summed E-state index contributed by atoms with van der Waals surface area (Å²) >= 11 is 4.93. The van der Waals surface area contributed by atoms with Crippen LogP contribution >= 0.6 is 27.7 Å². The Kier molecular flexibility index (Phi) is 4.95. The van der Waals surface area contributed by atoms with Gasteiger partial charge in [0, 0.05) is 16.3 Å². The average molecular weight is 276 g/mol. The molecule has 0 aromatic heterocycles. The summed E-state index contributed by atoms with van der Waals surface area (Å²) in [6.07, 6.45) is 1.43. The van der Waals surface area contributed by atoms with E-state index in [9.17, 15) is 5.11 Å². The van der Waals surface area contributed by atoms with Gasteiger partial charge < -0.3 is 10.8 Å². The van der Waals surface area contributed by atoms with Gasteiger partial charge in [0.15, 0.2) is 0 Å². The molecule has 0 aliphatic rings. The molecule has 78 valence electrons. The van der Waals surface area contributed by atoms with E-state index in [1.165, 1.54) is 4.90 Å². The smallest absolute Gasteiger partial charge is 0.0949 e. The molecule has 4 heteroatoms. The normalized spacial score (nSPS) is 15.1. The monoisotopic (exact) mass is 275 g/mol. The molecule has 3 N–H and O–H groups in total. The molecular weight excluding hydrogens is 262 g/mol. The largest absolute Gasteiger partial charge is 0.387 e. The minimum atomic E-state index is -0.592. The summed E-state index contributed by atoms with van der Waals surface area (Å²) in [6.45, 7) is 0. The van der Waals surface area contributed by atoms with E-state index in [1.807, 2.05) is 30.5 Å². The van der Waals surface area contributed by atoms with E-state index >= 15 is 0 Å². The maximum Gasteiger partial charge on any atom is 0.0949 e. The van der Waals surface area contributed by atoms with E-state index in [4.69, 9.17) is 5.73 Å². The van der Waals surface area contributed by atoms with Crippen LogP contribution in [-0.2, 0) is 0 Å². The lowest BCUT2D eigenvalue weighted by atomic mass is 10.0. The predicted molar refractivity (Wildman–Crippen MR) is 65.0 cm³/mol. The number of alkyl halides is 1. The fourth-order valence-electron chi connectivity index (χ4n) is 1.13. The summed E-state index contributed by atoms with van der Waals surface area (Å²) in [4.78, 5) is 1.19. The number of thioether (sulfide) groups is 1. The van der Waals surface area contributed by atoms with Gasteiger partial charge in [-0.3, -0.25) is 0 Å². The van der Waals surface area contributed by atoms with Crippen LogP contribution < -0.4 is 5.73 Å². The van der Waals surface area contributed by atoms with Crippen molar-refractivity contribution in [3.05, 3.63) is 29.8 Å². The molecule has 0 aliphatic carbocycles. The van der Waals surface area contributed by atoms with Gasteiger partial charge in [-0.25, -0.2) is 0 Å². The molecule has 0 saturated heterocycles. The third-order valence-corrected chi connectivity index (χ3v) is 3.53. The Morgan fingerprint density at radius 2 is 2.00 bits per heavy atom. The fourth-order valence-corrected chi connectivity index (χ4v) is 1.90. The summed E-state index contributed by atoms with van der Waals surface area (Å²) in [7, 11) is 0. The van der Waals surface area contributed by atoms with E-state index in [0.717, 1.165) is 5.56 Å². The lowest BCUT2D eigenvalue weighted by Gasteiger charge is -2.16. The van der Waals surface area contributed by atoms with Gasteiger partial charge in [0.1, 0.15) is 0 Å². The Morgan fingerprint density at radius 3 is 2.43 bits per heavy atom. The van der Waals surface area contributed by atoms with Crippen molar-refractivity contribution in [2.45, 2.75) is 17.0 Å². The third-order valence-electron chi connectivity index (χ3n) is 2.04. The highest BCUT2D eigenvalue weighted by Gasteiger charge is 2.15. The molecule has 1 rings (SSSR count). The number of hydrogen-bond acceptors (Lipinski definition) is 3. The van der Waals surface area contributed by atoms with Crippen LogP contribution in [-0.4, -0.2) is 22.7 Å². The van der Waals surface area contributed by atoms with Gasteiger partial charge in [-0.1, -0.05) is 28.1 Å². The standard InChI is InChI=1S/C10H14BrNOS/c1-14-8-4-2-7(3-5-8)10(13)9(12)6-11/h2-5,9-10,13H,6,12H2,1H3. The minimum Gasteiger partial charge on any atom is -0.387 e. The molecule has 0 radical (unpaired) electrons. The van der Waals surface area contributed by atoms with Crippen LogP contribution in [0.5, 0.6) is 0 Å². The Balaban J connectivity index is 2.75. The lowest BCUT2D eigenvalue weighted by molar-refractivity contribution is 0.155. The molecule has 14 heavy (non-hydrogen) atoms. The van der Waals surface area contributed by atoms with Gasteiger partial charge in [-0.05, 0) is 24.0 Å². The Bertz CT molecular complexity index is 278. The van der Waals surface area contributed by atoms with E-state index < -0.39 is 6.10 Å². The molecule has 0 saturated carbocycles. The number of nitrogens with two attached hydrogens (primary N) is 1. The van der Waals surface area contributed by atoms with Gasteiger partial charge in [-0.2, -0.15) is 0 Å². The highest BCUT2D eigenvalue weighted by atomic mass is 79.9. The van der Waals surface area contributed by atoms with Crippen LogP contribution in [0.15, 0.2) is 29.2 Å². The van der Waals surface area contributed by atoms with Gasteiger partial charge >= 0.3 is 0 Å². The van der Waals surface area contributed by atoms with E-state index in [-0.39, 0.29) is 6.04 Å². The zero-order valence-corrected chi connectivity index (χ0v) is 10.4. The highest BCUT2D eigenvalue weighted by Crippen LogP contribution is 2.21. The SMILES string of the molecule is CSc1ccc(C(O)C(N)CBr)cc1. The van der Waals surface area contributed by atoms with Crippen LogP contribution in [0.1, 0.15) is 11.7 Å². The summed E-state index contributed by atoms with van der Waals surface area (Å²) in [5.41, 5.74) is 6.59. The molecule has 0 spiro atoms. The van der Waals surface area contributed by atoms with Crippen LogP contribution in [0.3, 0.4) is 0 Å². The summed E-state index contributed by atoms with van der Waals surface area (Å²) in [5.74, 6) is 0. The van der Waals surface area contributed by atoms with Gasteiger partial charge in [0.25, 0.3) is 0 Å². The first-order valence-corrected chi connectivity index (χ1v) is 6.67. The average Bonchev–Trinajstić information content (AvgIpc) is 2.27. The fraction of sp³-hybridized carbons (Fsp3) is 0.400. The van der Waals surface area contributed by atoms with E-state index in [2.05, 4.69) is 15.9 Å². The second-order valence-corrected chi connectivity index (χ2v) is 4.56. The maximum atomic E-state index is 9.79. The van der Waals surface area contributed by atoms with Gasteiger partial charge in [-0.15, -0.1) is 11.8 Å². The first kappa shape index (κ1) is 12.0. The molecule has 0 amide bonds. The number of aliphatic hydroxyl groups is 1. The first-order chi connectivity index (χ1) is 6.69. The van der Waals surface area contributed by atoms with Gasteiger partial charge in [0.2, 0.25) is 0 Å². The van der Waals surface area contributed by atoms with E-state index in [1.54, 1.807) is 11.8 Å². The van der Waals surface area contributed by atoms with Crippen molar-refractivity contribution in [2.75, 3.05) is 11.6 Å². The molecule has 0 bridgehead atoms. The number of benzene rings is 1. The van der Waals surface area contributed by atoms with Crippen molar-refractivity contribution < 1.29 is 5.11 Å². The number of aliphatic hydroxyl groups excluding tert-OH is 1.